The summed E-state index contributed by atoms with van der Waals surface area (Å²) in [6, 6.07) is 7.33. The first-order valence-corrected chi connectivity index (χ1v) is 15.1. The number of benzene rings is 1. The van der Waals surface area contributed by atoms with Gasteiger partial charge in [0.25, 0.3) is 0 Å². The lowest BCUT2D eigenvalue weighted by molar-refractivity contribution is 0.163. The molecule has 0 radical (unpaired) electrons. The van der Waals surface area contributed by atoms with Crippen LogP contribution >= 0.6 is 0 Å². The summed E-state index contributed by atoms with van der Waals surface area (Å²) in [4.78, 5) is 28.4. The number of hydrogen-bond acceptors (Lipinski definition) is 8. The van der Waals surface area contributed by atoms with Gasteiger partial charge in [-0.15, -0.1) is 0 Å². The van der Waals surface area contributed by atoms with E-state index in [1.54, 1.807) is 19.5 Å². The molecule has 1 aromatic carbocycles. The molecule has 42 heavy (non-hydrogen) atoms. The largest absolute Gasteiger partial charge is 0.493 e. The minimum Gasteiger partial charge on any atom is -0.493 e. The van der Waals surface area contributed by atoms with E-state index < -0.39 is 0 Å². The second-order valence-electron chi connectivity index (χ2n) is 10.9. The molecule has 0 saturated carbocycles. The quantitative estimate of drug-likeness (QED) is 0.228. The van der Waals surface area contributed by atoms with Crippen molar-refractivity contribution < 1.29 is 19.0 Å². The Hall–Kier alpha value is -3.79. The molecule has 0 spiro atoms. The highest BCUT2D eigenvalue weighted by molar-refractivity contribution is 6.04. The minimum atomic E-state index is -0.118. The number of amides is 2. The Morgan fingerprint density at radius 3 is 2.45 bits per heavy atom. The second kappa shape index (κ2) is 16.0. The van der Waals surface area contributed by atoms with E-state index >= 15 is 0 Å². The van der Waals surface area contributed by atoms with Crippen LogP contribution in [0.5, 0.6) is 5.75 Å². The van der Waals surface area contributed by atoms with Crippen molar-refractivity contribution in [3.63, 3.8) is 0 Å². The molecule has 10 heteroatoms. The number of anilines is 1. The molecule has 0 aliphatic carbocycles. The Balaban J connectivity index is 1.32. The zero-order valence-corrected chi connectivity index (χ0v) is 25.4. The molecule has 4 rings (SSSR count). The lowest BCUT2D eigenvalue weighted by Gasteiger charge is -2.37. The molecule has 3 aliphatic heterocycles. The average molecular weight is 579 g/mol. The van der Waals surface area contributed by atoms with Gasteiger partial charge in [-0.1, -0.05) is 13.0 Å². The fourth-order valence-electron chi connectivity index (χ4n) is 5.27. The van der Waals surface area contributed by atoms with Crippen LogP contribution in [-0.2, 0) is 9.47 Å². The number of carbonyl (C=O) groups is 1. The molecular weight excluding hydrogens is 532 g/mol. The van der Waals surface area contributed by atoms with Crippen molar-refractivity contribution >= 4 is 23.9 Å². The van der Waals surface area contributed by atoms with Gasteiger partial charge in [-0.25, -0.2) is 9.79 Å². The normalized spacial score (nSPS) is 19.3. The maximum absolute atomic E-state index is 12.9. The van der Waals surface area contributed by atoms with Crippen molar-refractivity contribution in [3.8, 4) is 5.75 Å². The van der Waals surface area contributed by atoms with Crippen molar-refractivity contribution in [2.24, 2.45) is 9.98 Å². The third kappa shape index (κ3) is 9.11. The number of piperazine rings is 1. The molecule has 3 heterocycles. The number of nitrogens with zero attached hydrogens (tertiary/aromatic N) is 5. The number of rotatable bonds is 11. The molecule has 1 aromatic rings. The number of piperidine rings is 1. The highest BCUT2D eigenvalue weighted by Gasteiger charge is 2.26. The second-order valence-corrected chi connectivity index (χ2v) is 10.9. The number of nitrogens with one attached hydrogen (secondary N) is 1. The van der Waals surface area contributed by atoms with Gasteiger partial charge in [0.1, 0.15) is 17.9 Å². The molecule has 0 aromatic heterocycles. The number of methoxy groups -OCH3 is 1. The van der Waals surface area contributed by atoms with Crippen molar-refractivity contribution in [2.45, 2.75) is 45.6 Å². The number of ether oxygens (including phenoxy) is 3. The topological polar surface area (TPSA) is 91.2 Å². The fourth-order valence-corrected chi connectivity index (χ4v) is 5.27. The van der Waals surface area contributed by atoms with E-state index in [0.717, 1.165) is 35.8 Å². The first kappa shape index (κ1) is 31.2. The van der Waals surface area contributed by atoms with Crippen molar-refractivity contribution in [2.75, 3.05) is 71.4 Å². The molecule has 0 bridgehead atoms. The Kier molecular flexibility index (Phi) is 11.9. The van der Waals surface area contributed by atoms with Gasteiger partial charge in [0.2, 0.25) is 0 Å². The van der Waals surface area contributed by atoms with Crippen LogP contribution < -0.4 is 10.1 Å². The summed E-state index contributed by atoms with van der Waals surface area (Å²) in [7, 11) is 1.64. The summed E-state index contributed by atoms with van der Waals surface area (Å²) in [6.45, 7) is 14.9. The van der Waals surface area contributed by atoms with E-state index in [1.807, 2.05) is 49.1 Å². The summed E-state index contributed by atoms with van der Waals surface area (Å²) in [5, 5.41) is 2.99. The predicted molar refractivity (Wildman–Crippen MR) is 168 cm³/mol. The van der Waals surface area contributed by atoms with Crippen LogP contribution in [0.15, 0.2) is 70.1 Å². The van der Waals surface area contributed by atoms with Crippen LogP contribution in [0.4, 0.5) is 10.5 Å². The molecule has 0 unspecified atom stereocenters. The van der Waals surface area contributed by atoms with Gasteiger partial charge in [0.05, 0.1) is 26.4 Å². The molecule has 1 N–H and O–H groups in total. The number of likely N-dealkylation sites (tertiary alicyclic amines) is 1. The van der Waals surface area contributed by atoms with Crippen LogP contribution in [0.25, 0.3) is 0 Å². The maximum Gasteiger partial charge on any atom is 0.321 e. The van der Waals surface area contributed by atoms with Crippen molar-refractivity contribution in [1.82, 2.24) is 14.7 Å². The zero-order chi connectivity index (χ0) is 29.7. The van der Waals surface area contributed by atoms with Crippen LogP contribution in [-0.4, -0.2) is 105 Å². The standard InChI is InChI=1S/C32H46N6O4/c1-5-29(41-21-9-16-36-14-7-6-8-15-36)30(40-4)22-26-23-33-24-34-31(26)37-17-19-38(20-18-37)32(39)35-27-10-12-28(13-11-27)42-25(2)3/h5,10-13,22,24-25H,1,6-9,14-21,23H2,2-4H3,(H,35,39)/b26-22+,30-29-. The van der Waals surface area contributed by atoms with Crippen molar-refractivity contribution in [1.29, 1.82) is 0 Å². The molecule has 2 amide bonds. The summed E-state index contributed by atoms with van der Waals surface area (Å²) >= 11 is 0. The number of allylic oxidation sites excluding steroid dienone is 2. The van der Waals surface area contributed by atoms with Gasteiger partial charge in [0.15, 0.2) is 11.5 Å². The highest BCUT2D eigenvalue weighted by Crippen LogP contribution is 2.20. The summed E-state index contributed by atoms with van der Waals surface area (Å²) < 4.78 is 17.5. The van der Waals surface area contributed by atoms with Crippen LogP contribution in [0, 0.1) is 0 Å². The summed E-state index contributed by atoms with van der Waals surface area (Å²) in [5.41, 5.74) is 1.68. The molecule has 3 aliphatic rings. The fraction of sp³-hybridized carbons (Fsp3) is 0.531. The van der Waals surface area contributed by atoms with E-state index in [9.17, 15) is 4.79 Å². The molecule has 2 saturated heterocycles. The van der Waals surface area contributed by atoms with E-state index in [1.165, 1.54) is 32.4 Å². The number of amidine groups is 1. The highest BCUT2D eigenvalue weighted by atomic mass is 16.5. The lowest BCUT2D eigenvalue weighted by atomic mass is 10.1. The van der Waals surface area contributed by atoms with Gasteiger partial charge in [-0.05, 0) is 82.6 Å². The van der Waals surface area contributed by atoms with E-state index in [-0.39, 0.29) is 12.1 Å². The monoisotopic (exact) mass is 578 g/mol. The number of carbonyl (C=O) groups excluding carboxylic acids is 1. The third-order valence-electron chi connectivity index (χ3n) is 7.43. The number of urea groups is 1. The smallest absolute Gasteiger partial charge is 0.321 e. The molecule has 0 atom stereocenters. The van der Waals surface area contributed by atoms with Crippen molar-refractivity contribution in [3.05, 3.63) is 60.1 Å². The molecular formula is C32H46N6O4. The van der Waals surface area contributed by atoms with Gasteiger partial charge in [-0.3, -0.25) is 4.99 Å². The SMILES string of the molecule is C=C/C(OCCCN1CCCCC1)=C(\C=C1/CN=CN=C1N1CCN(C(=O)Nc2ccc(OC(C)C)cc2)CC1)OC. The van der Waals surface area contributed by atoms with Crippen LogP contribution in [0.1, 0.15) is 39.5 Å². The Morgan fingerprint density at radius 1 is 1.05 bits per heavy atom. The van der Waals surface area contributed by atoms with Crippen LogP contribution in [0.3, 0.4) is 0 Å². The number of aliphatic imine (C=N–C) groups is 2. The lowest BCUT2D eigenvalue weighted by Crippen LogP contribution is -2.52. The third-order valence-corrected chi connectivity index (χ3v) is 7.43. The molecule has 228 valence electrons. The molecule has 2 fully saturated rings. The molecule has 10 nitrogen and oxygen atoms in total. The summed E-state index contributed by atoms with van der Waals surface area (Å²) in [6.07, 6.45) is 10.2. The van der Waals surface area contributed by atoms with Gasteiger partial charge < -0.3 is 34.2 Å². The Morgan fingerprint density at radius 2 is 1.79 bits per heavy atom. The van der Waals surface area contributed by atoms with E-state index in [0.29, 0.717) is 50.8 Å². The summed E-state index contributed by atoms with van der Waals surface area (Å²) in [5.74, 6) is 2.84. The maximum atomic E-state index is 12.9. The zero-order valence-electron chi connectivity index (χ0n) is 25.4. The predicted octanol–water partition coefficient (Wildman–Crippen LogP) is 4.93. The van der Waals surface area contributed by atoms with Crippen LogP contribution in [0.2, 0.25) is 0 Å². The Bertz CT molecular complexity index is 1160. The van der Waals surface area contributed by atoms with Gasteiger partial charge in [-0.2, -0.15) is 0 Å². The van der Waals surface area contributed by atoms with Gasteiger partial charge in [0, 0.05) is 44.0 Å². The first-order chi connectivity index (χ1) is 20.5. The van der Waals surface area contributed by atoms with E-state index in [2.05, 4.69) is 31.7 Å². The minimum absolute atomic E-state index is 0.103. The average Bonchev–Trinajstić information content (AvgIpc) is 3.02. The van der Waals surface area contributed by atoms with Gasteiger partial charge >= 0.3 is 6.03 Å². The van der Waals surface area contributed by atoms with E-state index in [4.69, 9.17) is 14.2 Å². The Labute approximate surface area is 250 Å². The number of hydrogen-bond donors (Lipinski definition) is 1. The first-order valence-electron chi connectivity index (χ1n) is 15.1.